The second kappa shape index (κ2) is 6.59. The molecule has 0 amide bonds. The normalized spacial score (nSPS) is 17.5. The molecule has 0 bridgehead atoms. The number of nitrogens with zero attached hydrogens (tertiary/aromatic N) is 6. The zero-order valence-electron chi connectivity index (χ0n) is 14.0. The van der Waals surface area contributed by atoms with Crippen molar-refractivity contribution in [1.82, 2.24) is 19.9 Å². The molecule has 3 heterocycles. The Morgan fingerprint density at radius 3 is 2.33 bits per heavy atom. The van der Waals surface area contributed by atoms with Crippen molar-refractivity contribution in [1.29, 1.82) is 0 Å². The van der Waals surface area contributed by atoms with Crippen LogP contribution in [0.1, 0.15) is 24.1 Å². The molecule has 2 aromatic heterocycles. The maximum atomic E-state index is 5.12. The molecule has 0 radical (unpaired) electrons. The second-order valence-corrected chi connectivity index (χ2v) is 6.23. The van der Waals surface area contributed by atoms with E-state index in [0.29, 0.717) is 5.75 Å². The Morgan fingerprint density at radius 1 is 0.875 bits per heavy atom. The lowest BCUT2D eigenvalue weighted by atomic mass is 9.96. The summed E-state index contributed by atoms with van der Waals surface area (Å²) in [5.41, 5.74) is 2.60. The third kappa shape index (κ3) is 2.86. The molecule has 2 aliphatic rings. The molecule has 4 rings (SSSR count). The summed E-state index contributed by atoms with van der Waals surface area (Å²) in [4.78, 5) is 22.4. The molecule has 0 atom stereocenters. The number of hydrogen-bond acceptors (Lipinski definition) is 7. The summed E-state index contributed by atoms with van der Waals surface area (Å²) in [7, 11) is 1.62. The third-order valence-corrected chi connectivity index (χ3v) is 4.81. The van der Waals surface area contributed by atoms with E-state index >= 15 is 0 Å². The number of anilines is 2. The van der Waals surface area contributed by atoms with E-state index in [2.05, 4.69) is 29.7 Å². The first-order chi connectivity index (χ1) is 11.8. The molecular weight excluding hydrogens is 304 g/mol. The number of hydrogen-bond donors (Lipinski definition) is 0. The van der Waals surface area contributed by atoms with Crippen LogP contribution in [0.3, 0.4) is 0 Å². The Labute approximate surface area is 141 Å². The van der Waals surface area contributed by atoms with Crippen LogP contribution in [0.4, 0.5) is 11.8 Å². The number of ether oxygens (including phenoxy) is 1. The summed E-state index contributed by atoms with van der Waals surface area (Å²) in [6.45, 7) is 3.65. The second-order valence-electron chi connectivity index (χ2n) is 6.23. The van der Waals surface area contributed by atoms with Gasteiger partial charge in [-0.05, 0) is 25.7 Å². The van der Waals surface area contributed by atoms with Gasteiger partial charge in [-0.3, -0.25) is 0 Å². The Hall–Kier alpha value is -2.44. The van der Waals surface area contributed by atoms with E-state index < -0.39 is 0 Å². The topological polar surface area (TPSA) is 67.3 Å². The summed E-state index contributed by atoms with van der Waals surface area (Å²) in [6, 6.07) is 0. The van der Waals surface area contributed by atoms with Gasteiger partial charge in [-0.2, -0.15) is 0 Å². The third-order valence-electron chi connectivity index (χ3n) is 4.81. The van der Waals surface area contributed by atoms with Gasteiger partial charge in [-0.15, -0.1) is 0 Å². The van der Waals surface area contributed by atoms with E-state index in [0.717, 1.165) is 50.8 Å². The molecule has 0 N–H and O–H groups in total. The summed E-state index contributed by atoms with van der Waals surface area (Å²) in [6.07, 6.45) is 9.83. The minimum atomic E-state index is 0.685. The minimum absolute atomic E-state index is 0.685. The number of aryl methyl sites for hydroxylation is 1. The van der Waals surface area contributed by atoms with E-state index in [-0.39, 0.29) is 0 Å². The van der Waals surface area contributed by atoms with Crippen LogP contribution >= 0.6 is 0 Å². The van der Waals surface area contributed by atoms with Crippen LogP contribution in [0.25, 0.3) is 0 Å². The lowest BCUT2D eigenvalue weighted by Gasteiger charge is -2.36. The van der Waals surface area contributed by atoms with Gasteiger partial charge >= 0.3 is 0 Å². The van der Waals surface area contributed by atoms with Gasteiger partial charge < -0.3 is 14.5 Å². The monoisotopic (exact) mass is 326 g/mol. The molecule has 0 unspecified atom stereocenters. The molecule has 1 fully saturated rings. The Balaban J connectivity index is 1.46. The van der Waals surface area contributed by atoms with Gasteiger partial charge in [0.25, 0.3) is 0 Å². The quantitative estimate of drug-likeness (QED) is 0.846. The number of methoxy groups -OCH3 is 1. The standard InChI is InChI=1S/C17H22N6O/c1-24-13-10-18-17(19-11-13)23-8-6-22(7-9-23)16-14-4-2-3-5-15(14)20-12-21-16/h10-12H,2-9H2,1H3. The first-order valence-corrected chi connectivity index (χ1v) is 8.54. The predicted octanol–water partition coefficient (Wildman–Crippen LogP) is 1.48. The zero-order valence-corrected chi connectivity index (χ0v) is 14.0. The molecular formula is C17H22N6O. The van der Waals surface area contributed by atoms with Gasteiger partial charge in [-0.25, -0.2) is 19.9 Å². The fourth-order valence-electron chi connectivity index (χ4n) is 3.47. The summed E-state index contributed by atoms with van der Waals surface area (Å²) in [5, 5.41) is 0. The fraction of sp³-hybridized carbons (Fsp3) is 0.529. The van der Waals surface area contributed by atoms with E-state index in [1.165, 1.54) is 24.1 Å². The van der Waals surface area contributed by atoms with Crippen LogP contribution in [0.15, 0.2) is 18.7 Å². The molecule has 24 heavy (non-hydrogen) atoms. The molecule has 7 heteroatoms. The minimum Gasteiger partial charge on any atom is -0.494 e. The average Bonchev–Trinajstić information content (AvgIpc) is 2.68. The van der Waals surface area contributed by atoms with Gasteiger partial charge in [0.1, 0.15) is 12.1 Å². The van der Waals surface area contributed by atoms with Crippen molar-refractivity contribution < 1.29 is 4.74 Å². The Bertz CT molecular complexity index is 697. The van der Waals surface area contributed by atoms with Crippen LogP contribution < -0.4 is 14.5 Å². The Morgan fingerprint density at radius 2 is 1.58 bits per heavy atom. The van der Waals surface area contributed by atoms with Crippen LogP contribution in [0, 0.1) is 0 Å². The highest BCUT2D eigenvalue weighted by Crippen LogP contribution is 2.28. The van der Waals surface area contributed by atoms with Crippen LogP contribution in [0.5, 0.6) is 5.75 Å². The smallest absolute Gasteiger partial charge is 0.225 e. The average molecular weight is 326 g/mol. The highest BCUT2D eigenvalue weighted by atomic mass is 16.5. The summed E-state index contributed by atoms with van der Waals surface area (Å²) >= 11 is 0. The highest BCUT2D eigenvalue weighted by Gasteiger charge is 2.24. The van der Waals surface area contributed by atoms with E-state index in [9.17, 15) is 0 Å². The number of aromatic nitrogens is 4. The lowest BCUT2D eigenvalue weighted by molar-refractivity contribution is 0.410. The maximum Gasteiger partial charge on any atom is 0.225 e. The largest absolute Gasteiger partial charge is 0.494 e. The summed E-state index contributed by atoms with van der Waals surface area (Å²) in [5.74, 6) is 2.58. The molecule has 0 spiro atoms. The van der Waals surface area contributed by atoms with Crippen molar-refractivity contribution in [2.45, 2.75) is 25.7 Å². The van der Waals surface area contributed by atoms with Crippen molar-refractivity contribution in [3.63, 3.8) is 0 Å². The first-order valence-electron chi connectivity index (χ1n) is 8.54. The SMILES string of the molecule is COc1cnc(N2CCN(c3ncnc4c3CCCC4)CC2)nc1. The van der Waals surface area contributed by atoms with Crippen molar-refractivity contribution in [2.24, 2.45) is 0 Å². The van der Waals surface area contributed by atoms with Crippen molar-refractivity contribution in [2.75, 3.05) is 43.1 Å². The molecule has 0 aromatic carbocycles. The highest BCUT2D eigenvalue weighted by molar-refractivity contribution is 5.51. The van der Waals surface area contributed by atoms with Gasteiger partial charge in [0.05, 0.1) is 19.5 Å². The van der Waals surface area contributed by atoms with Crippen molar-refractivity contribution in [3.05, 3.63) is 30.0 Å². The van der Waals surface area contributed by atoms with E-state index in [1.54, 1.807) is 25.8 Å². The zero-order chi connectivity index (χ0) is 16.4. The molecule has 0 saturated carbocycles. The van der Waals surface area contributed by atoms with Crippen LogP contribution in [0.2, 0.25) is 0 Å². The fourth-order valence-corrected chi connectivity index (χ4v) is 3.47. The molecule has 126 valence electrons. The molecule has 1 aliphatic carbocycles. The molecule has 2 aromatic rings. The van der Waals surface area contributed by atoms with Crippen LogP contribution in [-0.2, 0) is 12.8 Å². The Kier molecular flexibility index (Phi) is 4.15. The van der Waals surface area contributed by atoms with Crippen LogP contribution in [-0.4, -0.2) is 53.2 Å². The van der Waals surface area contributed by atoms with Crippen molar-refractivity contribution >= 4 is 11.8 Å². The summed E-state index contributed by atoms with van der Waals surface area (Å²) < 4.78 is 5.12. The molecule has 1 saturated heterocycles. The van der Waals surface area contributed by atoms with Gasteiger partial charge in [0.2, 0.25) is 5.95 Å². The van der Waals surface area contributed by atoms with Crippen molar-refractivity contribution in [3.8, 4) is 5.75 Å². The van der Waals surface area contributed by atoms with E-state index in [1.807, 2.05) is 0 Å². The predicted molar refractivity (Wildman–Crippen MR) is 91.7 cm³/mol. The van der Waals surface area contributed by atoms with Gasteiger partial charge in [-0.1, -0.05) is 0 Å². The van der Waals surface area contributed by atoms with Gasteiger partial charge in [0.15, 0.2) is 5.75 Å². The van der Waals surface area contributed by atoms with E-state index in [4.69, 9.17) is 4.74 Å². The first kappa shape index (κ1) is 15.1. The number of piperazine rings is 1. The lowest BCUT2D eigenvalue weighted by Crippen LogP contribution is -2.47. The number of fused-ring (bicyclic) bond motifs is 1. The van der Waals surface area contributed by atoms with Gasteiger partial charge in [0, 0.05) is 37.4 Å². The maximum absolute atomic E-state index is 5.12. The number of rotatable bonds is 3. The molecule has 7 nitrogen and oxygen atoms in total. The molecule has 1 aliphatic heterocycles.